The molecule has 2 aromatic carbocycles. The molecule has 0 radical (unpaired) electrons. The van der Waals surface area contributed by atoms with E-state index in [4.69, 9.17) is 10.7 Å². The van der Waals surface area contributed by atoms with Crippen LogP contribution in [-0.4, -0.2) is 39.5 Å². The number of nitrogens with zero attached hydrogens (tertiary/aromatic N) is 4. The van der Waals surface area contributed by atoms with Crippen LogP contribution < -0.4 is 16.4 Å². The smallest absolute Gasteiger partial charge is 0.262 e. The molecule has 0 spiro atoms. The third-order valence-electron chi connectivity index (χ3n) is 5.59. The van der Waals surface area contributed by atoms with Crippen LogP contribution >= 0.6 is 0 Å². The first kappa shape index (κ1) is 19.7. The van der Waals surface area contributed by atoms with Crippen molar-refractivity contribution >= 4 is 34.4 Å². The minimum atomic E-state index is -0.208. The van der Waals surface area contributed by atoms with Gasteiger partial charge in [-0.25, -0.2) is 4.98 Å². The van der Waals surface area contributed by atoms with Crippen LogP contribution in [0.4, 0.5) is 17.6 Å². The molecule has 1 amide bonds. The molecule has 8 heteroatoms. The summed E-state index contributed by atoms with van der Waals surface area (Å²) in [5, 5.41) is 7.55. The molecule has 0 aliphatic carbocycles. The largest absolute Gasteiger partial charge is 0.368 e. The van der Waals surface area contributed by atoms with E-state index in [-0.39, 0.29) is 17.9 Å². The molecular formula is C24H23N7O. The summed E-state index contributed by atoms with van der Waals surface area (Å²) >= 11 is 0. The van der Waals surface area contributed by atoms with Gasteiger partial charge in [-0.05, 0) is 19.1 Å². The van der Waals surface area contributed by atoms with Crippen molar-refractivity contribution < 1.29 is 4.79 Å². The van der Waals surface area contributed by atoms with Gasteiger partial charge in [0.2, 0.25) is 5.95 Å². The predicted molar refractivity (Wildman–Crippen MR) is 126 cm³/mol. The second-order valence-electron chi connectivity index (χ2n) is 7.84. The number of hydrogen-bond acceptors (Lipinski definition) is 7. The number of nitrogens with one attached hydrogen (secondary N) is 2. The highest BCUT2D eigenvalue weighted by Crippen LogP contribution is 2.34. The number of carbonyl (C=O) groups excluding carboxylic acids is 1. The third-order valence-corrected chi connectivity index (χ3v) is 5.59. The van der Waals surface area contributed by atoms with Crippen molar-refractivity contribution in [1.29, 1.82) is 0 Å². The van der Waals surface area contributed by atoms with Crippen LogP contribution in [0.1, 0.15) is 28.9 Å². The summed E-state index contributed by atoms with van der Waals surface area (Å²) in [6, 6.07) is 20.0. The lowest BCUT2D eigenvalue weighted by atomic mass is 9.98. The van der Waals surface area contributed by atoms with Crippen LogP contribution in [0.2, 0.25) is 0 Å². The third kappa shape index (κ3) is 3.45. The first-order chi connectivity index (χ1) is 15.5. The molecule has 5 rings (SSSR count). The van der Waals surface area contributed by atoms with E-state index >= 15 is 0 Å². The fourth-order valence-corrected chi connectivity index (χ4v) is 3.94. The molecule has 3 heterocycles. The number of fused-ring (bicyclic) bond motifs is 2. The summed E-state index contributed by atoms with van der Waals surface area (Å²) in [5.74, 6) is 0.781. The molecule has 1 unspecified atom stereocenters. The Labute approximate surface area is 185 Å². The number of aromatic nitrogens is 3. The van der Waals surface area contributed by atoms with Crippen LogP contribution in [0.5, 0.6) is 0 Å². The highest BCUT2D eigenvalue weighted by molar-refractivity contribution is 6.04. The predicted octanol–water partition coefficient (Wildman–Crippen LogP) is 3.90. The van der Waals surface area contributed by atoms with Crippen LogP contribution in [0.25, 0.3) is 22.2 Å². The van der Waals surface area contributed by atoms with E-state index in [1.165, 1.54) is 0 Å². The van der Waals surface area contributed by atoms with Gasteiger partial charge in [-0.2, -0.15) is 9.97 Å². The van der Waals surface area contributed by atoms with Crippen LogP contribution in [0.15, 0.2) is 60.7 Å². The number of rotatable bonds is 4. The molecule has 1 aliphatic rings. The number of amides is 1. The van der Waals surface area contributed by atoms with Crippen molar-refractivity contribution in [2.24, 2.45) is 0 Å². The van der Waals surface area contributed by atoms with Crippen molar-refractivity contribution in [3.05, 3.63) is 71.8 Å². The Bertz CT molecular complexity index is 1320. The van der Waals surface area contributed by atoms with Crippen molar-refractivity contribution in [2.75, 3.05) is 30.1 Å². The minimum absolute atomic E-state index is 0.100. The summed E-state index contributed by atoms with van der Waals surface area (Å²) in [6.07, 6.45) is 0. The van der Waals surface area contributed by atoms with Crippen molar-refractivity contribution in [3.63, 3.8) is 0 Å². The average molecular weight is 425 g/mol. The van der Waals surface area contributed by atoms with Gasteiger partial charge >= 0.3 is 0 Å². The topological polar surface area (TPSA) is 109 Å². The number of pyridine rings is 1. The molecule has 160 valence electrons. The van der Waals surface area contributed by atoms with Crippen molar-refractivity contribution in [1.82, 2.24) is 19.9 Å². The zero-order valence-electron chi connectivity index (χ0n) is 17.8. The summed E-state index contributed by atoms with van der Waals surface area (Å²) in [5.41, 5.74) is 10.1. The lowest BCUT2D eigenvalue weighted by Gasteiger charge is -2.28. The second-order valence-corrected chi connectivity index (χ2v) is 7.84. The van der Waals surface area contributed by atoms with Crippen molar-refractivity contribution in [2.45, 2.75) is 13.0 Å². The van der Waals surface area contributed by atoms with Gasteiger partial charge in [0.15, 0.2) is 0 Å². The maximum absolute atomic E-state index is 12.8. The van der Waals surface area contributed by atoms with Crippen molar-refractivity contribution in [3.8, 4) is 11.3 Å². The maximum Gasteiger partial charge on any atom is 0.262 e. The van der Waals surface area contributed by atoms with Crippen LogP contribution in [-0.2, 0) is 0 Å². The van der Waals surface area contributed by atoms with Gasteiger partial charge in [-0.1, -0.05) is 48.5 Å². The van der Waals surface area contributed by atoms with E-state index in [0.29, 0.717) is 23.9 Å². The standard InChI is InChI=1S/C24H23N7O/c1-14(27-22-19-21(29-24(25)30-22)26-13-31(2)23(19)32)17-12-16-10-6-7-11-18(16)28-20(17)15-8-4-3-5-9-15/h3-12,14H,13H2,1-2H3,(H4,25,26,27,29,30). The van der Waals surface area contributed by atoms with E-state index in [9.17, 15) is 4.79 Å². The highest BCUT2D eigenvalue weighted by Gasteiger charge is 2.28. The number of benzene rings is 2. The Hall–Kier alpha value is -4.20. The number of para-hydroxylation sites is 1. The minimum Gasteiger partial charge on any atom is -0.368 e. The van der Waals surface area contributed by atoms with Gasteiger partial charge in [-0.15, -0.1) is 0 Å². The Balaban J connectivity index is 1.62. The number of hydrogen-bond donors (Lipinski definition) is 3. The Morgan fingerprint density at radius 1 is 1.06 bits per heavy atom. The fourth-order valence-electron chi connectivity index (χ4n) is 3.94. The van der Waals surface area contributed by atoms with E-state index in [1.807, 2.05) is 61.5 Å². The fraction of sp³-hybridized carbons (Fsp3) is 0.167. The lowest BCUT2D eigenvalue weighted by molar-refractivity contribution is 0.0796. The molecule has 32 heavy (non-hydrogen) atoms. The normalized spacial score (nSPS) is 14.1. The Morgan fingerprint density at radius 3 is 2.62 bits per heavy atom. The summed E-state index contributed by atoms with van der Waals surface area (Å²) < 4.78 is 0. The van der Waals surface area contributed by atoms with E-state index in [1.54, 1.807) is 11.9 Å². The molecule has 0 saturated heterocycles. The molecule has 0 fully saturated rings. The molecular weight excluding hydrogens is 402 g/mol. The summed E-state index contributed by atoms with van der Waals surface area (Å²) in [6.45, 7) is 2.39. The van der Waals surface area contributed by atoms with Gasteiger partial charge in [0, 0.05) is 23.6 Å². The molecule has 4 N–H and O–H groups in total. The number of nitrogen functional groups attached to an aromatic ring is 1. The summed E-state index contributed by atoms with van der Waals surface area (Å²) in [4.78, 5) is 27.9. The van der Waals surface area contributed by atoms with Gasteiger partial charge < -0.3 is 21.3 Å². The molecule has 2 aromatic heterocycles. The highest BCUT2D eigenvalue weighted by atomic mass is 16.2. The molecule has 0 saturated carbocycles. The molecule has 4 aromatic rings. The lowest BCUT2D eigenvalue weighted by Crippen LogP contribution is -2.38. The zero-order chi connectivity index (χ0) is 22.2. The number of anilines is 3. The zero-order valence-corrected chi connectivity index (χ0v) is 17.8. The van der Waals surface area contributed by atoms with Gasteiger partial charge in [0.25, 0.3) is 5.91 Å². The van der Waals surface area contributed by atoms with Crippen LogP contribution in [0, 0.1) is 0 Å². The second kappa shape index (κ2) is 7.81. The first-order valence-electron chi connectivity index (χ1n) is 10.4. The number of carbonyl (C=O) groups is 1. The SMILES string of the molecule is CC(Nc1nc(N)nc2c1C(=O)N(C)CN2)c1cc2ccccc2nc1-c1ccccc1. The number of nitrogens with two attached hydrogens (primary N) is 1. The van der Waals surface area contributed by atoms with Gasteiger partial charge in [0.05, 0.1) is 23.9 Å². The maximum atomic E-state index is 12.8. The quantitative estimate of drug-likeness (QED) is 0.455. The van der Waals surface area contributed by atoms with E-state index in [0.717, 1.165) is 27.7 Å². The van der Waals surface area contributed by atoms with E-state index in [2.05, 4.69) is 26.7 Å². The monoisotopic (exact) mass is 425 g/mol. The molecule has 1 aliphatic heterocycles. The first-order valence-corrected chi connectivity index (χ1v) is 10.4. The van der Waals surface area contributed by atoms with E-state index < -0.39 is 0 Å². The molecule has 8 nitrogen and oxygen atoms in total. The van der Waals surface area contributed by atoms with Gasteiger partial charge in [0.1, 0.15) is 17.2 Å². The molecule has 1 atom stereocenters. The summed E-state index contributed by atoms with van der Waals surface area (Å²) in [7, 11) is 1.72. The molecule has 0 bridgehead atoms. The Kier molecular flexibility index (Phi) is 4.82. The Morgan fingerprint density at radius 2 is 1.81 bits per heavy atom. The average Bonchev–Trinajstić information content (AvgIpc) is 2.81. The van der Waals surface area contributed by atoms with Gasteiger partial charge in [-0.3, -0.25) is 4.79 Å². The van der Waals surface area contributed by atoms with Crippen LogP contribution in [0.3, 0.4) is 0 Å².